The van der Waals surface area contributed by atoms with Gasteiger partial charge >= 0.3 is 0 Å². The van der Waals surface area contributed by atoms with Crippen LogP contribution in [0.1, 0.15) is 16.1 Å². The maximum absolute atomic E-state index is 13.6. The van der Waals surface area contributed by atoms with Crippen LogP contribution in [0.2, 0.25) is 0 Å². The smallest absolute Gasteiger partial charge is 0.281 e. The highest BCUT2D eigenvalue weighted by atomic mass is 79.9. The van der Waals surface area contributed by atoms with Gasteiger partial charge in [0.2, 0.25) is 0 Å². The average molecular weight is 678 g/mol. The van der Waals surface area contributed by atoms with E-state index in [1.807, 2.05) is 37.3 Å². The van der Waals surface area contributed by atoms with Crippen molar-refractivity contribution in [2.45, 2.75) is 16.2 Å². The van der Waals surface area contributed by atoms with E-state index < -0.39 is 20.1 Å². The molecule has 10 nitrogen and oxygen atoms in total. The molecular weight excluding hydrogens is 660 g/mol. The van der Waals surface area contributed by atoms with E-state index in [0.717, 1.165) is 11.4 Å². The van der Waals surface area contributed by atoms with Gasteiger partial charge < -0.3 is 5.32 Å². The zero-order valence-electron chi connectivity index (χ0n) is 19.8. The first-order chi connectivity index (χ1) is 18.0. The number of aromatic nitrogens is 3. The number of thiocarbonyl (C=S) groups is 1. The minimum absolute atomic E-state index is 0.0576. The molecule has 1 saturated heterocycles. The molecule has 0 radical (unpaired) electrons. The molecule has 1 aliphatic heterocycles. The first-order valence-corrected chi connectivity index (χ1v) is 14.1. The van der Waals surface area contributed by atoms with E-state index in [1.54, 1.807) is 33.9 Å². The van der Waals surface area contributed by atoms with Gasteiger partial charge in [0.05, 0.1) is 26.7 Å². The zero-order chi connectivity index (χ0) is 27.4. The third kappa shape index (κ3) is 4.21. The number of nitrogens with zero attached hydrogens (tertiary/aromatic N) is 5. The molecule has 5 rings (SSSR count). The number of hydrogen-bond acceptors (Lipinski definition) is 7. The normalized spacial score (nSPS) is 18.1. The van der Waals surface area contributed by atoms with Crippen LogP contribution in [-0.2, 0) is 11.8 Å². The quantitative estimate of drug-likeness (QED) is 0.101. The molecule has 1 amide bonds. The summed E-state index contributed by atoms with van der Waals surface area (Å²) in [5, 5.41) is 16.2. The number of benzene rings is 2. The van der Waals surface area contributed by atoms with Crippen molar-refractivity contribution >= 4 is 77.3 Å². The van der Waals surface area contributed by atoms with Crippen molar-refractivity contribution in [1.82, 2.24) is 19.7 Å². The fourth-order valence-corrected chi connectivity index (χ4v) is 6.79. The SMILES string of the molecule is Cc1c(-c2csc(N3C(=O)C(Br)(C(Br)c4ccc([N+](=O)[O-])cc4)NC3=S)n2)c(=O)n(-c2ccccc2)n1C. The van der Waals surface area contributed by atoms with Gasteiger partial charge in [-0.3, -0.25) is 24.4 Å². The van der Waals surface area contributed by atoms with Crippen LogP contribution in [0.5, 0.6) is 0 Å². The number of thiazole rings is 1. The molecule has 3 heterocycles. The number of amides is 1. The van der Waals surface area contributed by atoms with Crippen LogP contribution < -0.4 is 15.8 Å². The molecular formula is C24H18Br2N6O4S2. The minimum Gasteiger partial charge on any atom is -0.338 e. The molecule has 1 fully saturated rings. The lowest BCUT2D eigenvalue weighted by atomic mass is 10.1. The number of nitrogens with one attached hydrogen (secondary N) is 1. The Morgan fingerprint density at radius 1 is 1.16 bits per heavy atom. The van der Waals surface area contributed by atoms with Gasteiger partial charge in [0, 0.05) is 30.3 Å². The summed E-state index contributed by atoms with van der Waals surface area (Å²) in [5.74, 6) is -0.421. The van der Waals surface area contributed by atoms with E-state index in [4.69, 9.17) is 12.2 Å². The van der Waals surface area contributed by atoms with Crippen molar-refractivity contribution in [3.63, 3.8) is 0 Å². The number of rotatable bonds is 6. The van der Waals surface area contributed by atoms with E-state index in [0.29, 0.717) is 22.0 Å². The van der Waals surface area contributed by atoms with Crippen molar-refractivity contribution < 1.29 is 9.72 Å². The van der Waals surface area contributed by atoms with Crippen LogP contribution in [0.4, 0.5) is 10.8 Å². The number of carbonyl (C=O) groups is 1. The lowest BCUT2D eigenvalue weighted by Gasteiger charge is -2.25. The van der Waals surface area contributed by atoms with E-state index >= 15 is 0 Å². The fraction of sp³-hybridized carbons (Fsp3) is 0.167. The molecule has 0 saturated carbocycles. The van der Waals surface area contributed by atoms with Crippen LogP contribution in [0.15, 0.2) is 64.8 Å². The van der Waals surface area contributed by atoms with E-state index in [9.17, 15) is 19.7 Å². The van der Waals surface area contributed by atoms with Gasteiger partial charge in [0.15, 0.2) is 14.7 Å². The number of hydrogen-bond donors (Lipinski definition) is 1. The fourth-order valence-electron chi connectivity index (χ4n) is 4.21. The molecule has 2 atom stereocenters. The first-order valence-electron chi connectivity index (χ1n) is 11.1. The van der Waals surface area contributed by atoms with Gasteiger partial charge in [-0.05, 0) is 52.8 Å². The molecule has 0 bridgehead atoms. The first kappa shape index (κ1) is 26.4. The Hall–Kier alpha value is -3.20. The maximum Gasteiger partial charge on any atom is 0.281 e. The molecule has 0 aliphatic carbocycles. The number of nitro groups is 1. The van der Waals surface area contributed by atoms with Crippen LogP contribution in [0, 0.1) is 17.0 Å². The van der Waals surface area contributed by atoms with Crippen molar-refractivity contribution in [1.29, 1.82) is 0 Å². The Kier molecular flexibility index (Phi) is 6.84. The lowest BCUT2D eigenvalue weighted by molar-refractivity contribution is -0.384. The van der Waals surface area contributed by atoms with Crippen LogP contribution in [0.3, 0.4) is 0 Å². The summed E-state index contributed by atoms with van der Waals surface area (Å²) in [6.45, 7) is 1.84. The van der Waals surface area contributed by atoms with Gasteiger partial charge in [0.25, 0.3) is 17.2 Å². The summed E-state index contributed by atoms with van der Waals surface area (Å²) in [6, 6.07) is 15.2. The van der Waals surface area contributed by atoms with Crippen molar-refractivity contribution in [2.24, 2.45) is 7.05 Å². The van der Waals surface area contributed by atoms with Crippen LogP contribution in [-0.4, -0.2) is 34.7 Å². The predicted octanol–water partition coefficient (Wildman–Crippen LogP) is 4.96. The standard InChI is InChI=1S/C24H18Br2N6O4S2/c1-13-18(20(33)31(29(13)2)15-6-4-3-5-7-15)17-12-38-23(27-17)30-21(34)24(26,28-22(30)37)19(25)14-8-10-16(11-9-14)32(35)36/h3-12,19H,1-2H3,(H,28,37). The van der Waals surface area contributed by atoms with Crippen molar-refractivity contribution in [2.75, 3.05) is 4.90 Å². The summed E-state index contributed by atoms with van der Waals surface area (Å²) in [4.78, 5) is 42.8. The van der Waals surface area contributed by atoms with Crippen LogP contribution in [0.25, 0.3) is 16.9 Å². The number of alkyl halides is 2. The van der Waals surface area contributed by atoms with Gasteiger partial charge in [-0.15, -0.1) is 11.3 Å². The molecule has 1 aliphatic rings. The Labute approximate surface area is 242 Å². The second-order valence-electron chi connectivity index (χ2n) is 8.45. The number of para-hydroxylation sites is 1. The van der Waals surface area contributed by atoms with Gasteiger partial charge in [0.1, 0.15) is 0 Å². The Morgan fingerprint density at radius 2 is 1.82 bits per heavy atom. The monoisotopic (exact) mass is 676 g/mol. The van der Waals surface area contributed by atoms with E-state index in [1.165, 1.54) is 28.4 Å². The number of carbonyl (C=O) groups excluding carboxylic acids is 1. The Morgan fingerprint density at radius 3 is 2.45 bits per heavy atom. The summed E-state index contributed by atoms with van der Waals surface area (Å²) in [7, 11) is 1.80. The van der Waals surface area contributed by atoms with Gasteiger partial charge in [-0.25, -0.2) is 14.6 Å². The average Bonchev–Trinajstić information content (AvgIpc) is 3.52. The third-order valence-corrected chi connectivity index (χ3v) is 10.2. The predicted molar refractivity (Wildman–Crippen MR) is 156 cm³/mol. The van der Waals surface area contributed by atoms with Crippen molar-refractivity contribution in [3.05, 3.63) is 91.7 Å². The maximum atomic E-state index is 13.6. The molecule has 14 heteroatoms. The van der Waals surface area contributed by atoms with Crippen molar-refractivity contribution in [3.8, 4) is 16.9 Å². The molecule has 0 spiro atoms. The number of nitro benzene ring substituents is 1. The largest absolute Gasteiger partial charge is 0.338 e. The third-order valence-electron chi connectivity index (χ3n) is 6.25. The molecule has 38 heavy (non-hydrogen) atoms. The zero-order valence-corrected chi connectivity index (χ0v) is 24.6. The molecule has 4 aromatic rings. The molecule has 194 valence electrons. The van der Waals surface area contributed by atoms with Gasteiger partial charge in [-0.2, -0.15) is 0 Å². The minimum atomic E-state index is -1.37. The number of anilines is 1. The van der Waals surface area contributed by atoms with E-state index in [-0.39, 0.29) is 16.4 Å². The molecule has 2 aromatic heterocycles. The highest BCUT2D eigenvalue weighted by Crippen LogP contribution is 2.45. The second-order valence-corrected chi connectivity index (χ2v) is 11.8. The topological polar surface area (TPSA) is 115 Å². The van der Waals surface area contributed by atoms with Gasteiger partial charge in [-0.1, -0.05) is 46.3 Å². The van der Waals surface area contributed by atoms with E-state index in [2.05, 4.69) is 42.2 Å². The summed E-state index contributed by atoms with van der Waals surface area (Å²) < 4.78 is 1.97. The molecule has 2 aromatic carbocycles. The second kappa shape index (κ2) is 9.84. The lowest BCUT2D eigenvalue weighted by Crippen LogP contribution is -2.44. The summed E-state index contributed by atoms with van der Waals surface area (Å²) in [6.07, 6.45) is 0. The summed E-state index contributed by atoms with van der Waals surface area (Å²) in [5.41, 5.74) is 2.65. The molecule has 1 N–H and O–H groups in total. The summed E-state index contributed by atoms with van der Waals surface area (Å²) >= 11 is 13.7. The number of halogens is 2. The Bertz CT molecular complexity index is 1650. The highest BCUT2D eigenvalue weighted by Gasteiger charge is 2.54. The number of non-ortho nitro benzene ring substituents is 1. The molecule has 2 unspecified atom stereocenters. The highest BCUT2D eigenvalue weighted by molar-refractivity contribution is 9.12. The van der Waals surface area contributed by atoms with Crippen LogP contribution >= 0.6 is 55.4 Å². The Balaban J connectivity index is 1.47.